The molecule has 2 fully saturated rings. The summed E-state index contributed by atoms with van der Waals surface area (Å²) in [5.74, 6) is -0.0700. The minimum Gasteiger partial charge on any atom is -0.372 e. The molecule has 4 rings (SSSR count). The Morgan fingerprint density at radius 1 is 1.16 bits per heavy atom. The molecule has 0 unspecified atom stereocenters. The van der Waals surface area contributed by atoms with Crippen LogP contribution in [-0.4, -0.2) is 89.7 Å². The number of carbonyl (C=O) groups is 2. The predicted molar refractivity (Wildman–Crippen MR) is 116 cm³/mol. The van der Waals surface area contributed by atoms with Crippen molar-refractivity contribution in [2.75, 3.05) is 51.7 Å². The summed E-state index contributed by atoms with van der Waals surface area (Å²) >= 11 is 0. The molecule has 166 valence electrons. The van der Waals surface area contributed by atoms with Crippen molar-refractivity contribution in [1.29, 1.82) is 0 Å². The van der Waals surface area contributed by atoms with Crippen molar-refractivity contribution >= 4 is 17.5 Å². The van der Waals surface area contributed by atoms with Gasteiger partial charge in [-0.3, -0.25) is 14.5 Å². The molecule has 0 N–H and O–H groups in total. The highest BCUT2D eigenvalue weighted by atomic mass is 16.6. The van der Waals surface area contributed by atoms with E-state index in [0.717, 1.165) is 18.8 Å². The number of aromatic nitrogens is 2. The van der Waals surface area contributed by atoms with Gasteiger partial charge in [-0.2, -0.15) is 0 Å². The van der Waals surface area contributed by atoms with Gasteiger partial charge in [-0.15, -0.1) is 0 Å². The van der Waals surface area contributed by atoms with Gasteiger partial charge >= 0.3 is 0 Å². The minimum atomic E-state index is -0.398. The predicted octanol–water partition coefficient (Wildman–Crippen LogP) is 1.39. The Morgan fingerprint density at radius 3 is 2.65 bits per heavy atom. The van der Waals surface area contributed by atoms with E-state index in [1.54, 1.807) is 23.8 Å². The quantitative estimate of drug-likeness (QED) is 0.714. The van der Waals surface area contributed by atoms with E-state index in [-0.39, 0.29) is 11.8 Å². The molecule has 9 heteroatoms. The molecule has 0 bridgehead atoms. The van der Waals surface area contributed by atoms with Crippen LogP contribution < -0.4 is 4.90 Å². The Bertz CT molecular complexity index is 939. The number of rotatable bonds is 5. The number of amides is 2. The molecule has 2 aliphatic heterocycles. The van der Waals surface area contributed by atoms with Crippen LogP contribution in [0.1, 0.15) is 34.6 Å². The highest BCUT2D eigenvalue weighted by molar-refractivity contribution is 5.96. The smallest absolute Gasteiger partial charge is 0.254 e. The summed E-state index contributed by atoms with van der Waals surface area (Å²) in [6.45, 7) is 5.81. The first-order chi connectivity index (χ1) is 14.9. The number of benzene rings is 1. The van der Waals surface area contributed by atoms with Gasteiger partial charge in [0, 0.05) is 51.0 Å². The lowest BCUT2D eigenvalue weighted by Gasteiger charge is -2.40. The molecule has 2 aliphatic rings. The Balaban J connectivity index is 1.44. The van der Waals surface area contributed by atoms with Crippen molar-refractivity contribution in [3.63, 3.8) is 0 Å². The largest absolute Gasteiger partial charge is 0.372 e. The van der Waals surface area contributed by atoms with Crippen LogP contribution in [0.15, 0.2) is 28.9 Å². The third-order valence-electron chi connectivity index (χ3n) is 6.29. The second-order valence-electron chi connectivity index (χ2n) is 8.48. The zero-order chi connectivity index (χ0) is 22.0. The fourth-order valence-electron chi connectivity index (χ4n) is 4.27. The van der Waals surface area contributed by atoms with E-state index >= 15 is 0 Å². The topological polar surface area (TPSA) is 86.0 Å². The molecule has 9 nitrogen and oxygen atoms in total. The number of carbonyl (C=O) groups excluding carboxylic acids is 2. The Labute approximate surface area is 182 Å². The van der Waals surface area contributed by atoms with Gasteiger partial charge in [-0.05, 0) is 45.0 Å². The van der Waals surface area contributed by atoms with Crippen molar-refractivity contribution in [3.05, 3.63) is 41.2 Å². The first kappa shape index (κ1) is 21.3. The second kappa shape index (κ2) is 9.05. The molecule has 31 heavy (non-hydrogen) atoms. The zero-order valence-corrected chi connectivity index (χ0v) is 18.5. The Hall–Kier alpha value is -2.94. The molecule has 2 saturated heterocycles. The number of hydrogen-bond acceptors (Lipinski definition) is 7. The van der Waals surface area contributed by atoms with Crippen LogP contribution in [0.2, 0.25) is 0 Å². The molecule has 1 aromatic heterocycles. The highest BCUT2D eigenvalue weighted by Crippen LogP contribution is 2.23. The van der Waals surface area contributed by atoms with E-state index in [2.05, 4.69) is 21.3 Å². The first-order valence-corrected chi connectivity index (χ1v) is 10.8. The molecule has 1 aromatic carbocycles. The molecule has 1 atom stereocenters. The first-order valence-electron chi connectivity index (χ1n) is 10.8. The van der Waals surface area contributed by atoms with Crippen molar-refractivity contribution in [2.24, 2.45) is 0 Å². The molecule has 0 spiro atoms. The van der Waals surface area contributed by atoms with Crippen LogP contribution in [0.5, 0.6) is 0 Å². The molecular weight excluding hydrogens is 396 g/mol. The molecule has 2 amide bonds. The van der Waals surface area contributed by atoms with Crippen LogP contribution in [0, 0.1) is 6.92 Å². The van der Waals surface area contributed by atoms with Gasteiger partial charge in [0.15, 0.2) is 0 Å². The average molecular weight is 427 g/mol. The average Bonchev–Trinajstić information content (AvgIpc) is 3.46. The third-order valence-corrected chi connectivity index (χ3v) is 6.29. The SMILES string of the molecule is Cc1nonc1CN(C)C(=O)[C@@H]1CN(C(=O)c2cccc(N3CCCC3)c2)CCN1C. The molecule has 0 radical (unpaired) electrons. The summed E-state index contributed by atoms with van der Waals surface area (Å²) in [5.41, 5.74) is 3.09. The summed E-state index contributed by atoms with van der Waals surface area (Å²) in [7, 11) is 3.67. The van der Waals surface area contributed by atoms with Crippen molar-refractivity contribution in [1.82, 2.24) is 25.0 Å². The zero-order valence-electron chi connectivity index (χ0n) is 18.5. The number of anilines is 1. The molecular formula is C22H30N6O3. The van der Waals surface area contributed by atoms with E-state index < -0.39 is 6.04 Å². The normalized spacial score (nSPS) is 19.6. The summed E-state index contributed by atoms with van der Waals surface area (Å²) in [5, 5.41) is 7.63. The van der Waals surface area contributed by atoms with Crippen molar-refractivity contribution < 1.29 is 14.2 Å². The van der Waals surface area contributed by atoms with Gasteiger partial charge in [-0.25, -0.2) is 4.63 Å². The lowest BCUT2D eigenvalue weighted by atomic mass is 10.1. The number of likely N-dealkylation sites (N-methyl/N-ethyl adjacent to an activating group) is 2. The third kappa shape index (κ3) is 4.56. The van der Waals surface area contributed by atoms with Gasteiger partial charge in [-0.1, -0.05) is 16.4 Å². The molecule has 3 heterocycles. The Morgan fingerprint density at radius 2 is 1.94 bits per heavy atom. The number of nitrogens with zero attached hydrogens (tertiary/aromatic N) is 6. The number of aryl methyl sites for hydroxylation is 1. The molecule has 2 aromatic rings. The van der Waals surface area contributed by atoms with Gasteiger partial charge in [0.05, 0.1) is 6.54 Å². The minimum absolute atomic E-state index is 0.0221. The van der Waals surface area contributed by atoms with Gasteiger partial charge < -0.3 is 14.7 Å². The summed E-state index contributed by atoms with van der Waals surface area (Å²) in [6, 6.07) is 7.46. The van der Waals surface area contributed by atoms with Crippen LogP contribution in [-0.2, 0) is 11.3 Å². The van der Waals surface area contributed by atoms with Gasteiger partial charge in [0.2, 0.25) is 5.91 Å². The van der Waals surface area contributed by atoms with Crippen LogP contribution in [0.25, 0.3) is 0 Å². The summed E-state index contributed by atoms with van der Waals surface area (Å²) < 4.78 is 4.73. The van der Waals surface area contributed by atoms with Crippen molar-refractivity contribution in [2.45, 2.75) is 32.4 Å². The van der Waals surface area contributed by atoms with Gasteiger partial charge in [0.1, 0.15) is 17.4 Å². The fourth-order valence-corrected chi connectivity index (χ4v) is 4.27. The lowest BCUT2D eigenvalue weighted by molar-refractivity contribution is -0.137. The summed E-state index contributed by atoms with van der Waals surface area (Å²) in [4.78, 5) is 34.1. The number of hydrogen-bond donors (Lipinski definition) is 0. The summed E-state index contributed by atoms with van der Waals surface area (Å²) in [6.07, 6.45) is 2.38. The van der Waals surface area contributed by atoms with E-state index in [9.17, 15) is 9.59 Å². The van der Waals surface area contributed by atoms with E-state index in [1.165, 1.54) is 12.8 Å². The highest BCUT2D eigenvalue weighted by Gasteiger charge is 2.34. The fraction of sp³-hybridized carbons (Fsp3) is 0.545. The van der Waals surface area contributed by atoms with Crippen molar-refractivity contribution in [3.8, 4) is 0 Å². The number of piperazine rings is 1. The van der Waals surface area contributed by atoms with E-state index in [0.29, 0.717) is 43.1 Å². The maximum absolute atomic E-state index is 13.2. The monoisotopic (exact) mass is 426 g/mol. The lowest BCUT2D eigenvalue weighted by Crippen LogP contribution is -2.58. The van der Waals surface area contributed by atoms with E-state index in [1.807, 2.05) is 30.1 Å². The molecule has 0 aliphatic carbocycles. The van der Waals surface area contributed by atoms with Crippen LogP contribution in [0.4, 0.5) is 5.69 Å². The van der Waals surface area contributed by atoms with Crippen LogP contribution >= 0.6 is 0 Å². The second-order valence-corrected chi connectivity index (χ2v) is 8.48. The molecule has 0 saturated carbocycles. The van der Waals surface area contributed by atoms with Crippen LogP contribution in [0.3, 0.4) is 0 Å². The standard InChI is InChI=1S/C22H30N6O3/c1-16-19(24-31-23-16)14-26(3)22(30)20-15-28(12-11-25(20)2)21(29)17-7-6-8-18(13-17)27-9-4-5-10-27/h6-8,13,20H,4-5,9-12,14-15H2,1-3H3/t20-/m0/s1. The van der Waals surface area contributed by atoms with E-state index in [4.69, 9.17) is 4.63 Å². The Kier molecular flexibility index (Phi) is 6.22. The maximum Gasteiger partial charge on any atom is 0.254 e. The maximum atomic E-state index is 13.2. The van der Waals surface area contributed by atoms with Gasteiger partial charge in [0.25, 0.3) is 5.91 Å².